The van der Waals surface area contributed by atoms with Crippen molar-refractivity contribution in [1.29, 1.82) is 10.5 Å². The van der Waals surface area contributed by atoms with Crippen LogP contribution in [-0.4, -0.2) is 28.1 Å². The Bertz CT molecular complexity index is 539. The molecular formula is C15H21N5O. The van der Waals surface area contributed by atoms with Gasteiger partial charge < -0.3 is 4.52 Å². The molecule has 6 heteroatoms. The predicted octanol–water partition coefficient (Wildman–Crippen LogP) is 2.77. The maximum Gasteiger partial charge on any atom is 0.229 e. The van der Waals surface area contributed by atoms with Crippen molar-refractivity contribution >= 4 is 0 Å². The molecule has 0 amide bonds. The highest BCUT2D eigenvalue weighted by Crippen LogP contribution is 2.31. The molecule has 0 aliphatic carbocycles. The van der Waals surface area contributed by atoms with E-state index in [0.717, 1.165) is 25.2 Å². The average molecular weight is 287 g/mol. The third kappa shape index (κ3) is 3.80. The van der Waals surface area contributed by atoms with E-state index >= 15 is 0 Å². The van der Waals surface area contributed by atoms with Crippen molar-refractivity contribution in [3.63, 3.8) is 0 Å². The minimum Gasteiger partial charge on any atom is -0.339 e. The van der Waals surface area contributed by atoms with E-state index in [1.807, 2.05) is 13.8 Å². The van der Waals surface area contributed by atoms with Crippen LogP contribution in [0.5, 0.6) is 0 Å². The van der Waals surface area contributed by atoms with Crippen molar-refractivity contribution in [2.75, 3.05) is 13.1 Å². The lowest BCUT2D eigenvalue weighted by molar-refractivity contribution is 0.219. The van der Waals surface area contributed by atoms with Gasteiger partial charge in [-0.2, -0.15) is 15.5 Å². The quantitative estimate of drug-likeness (QED) is 0.799. The Hall–Kier alpha value is -1.92. The van der Waals surface area contributed by atoms with Crippen molar-refractivity contribution in [3.8, 4) is 12.1 Å². The molecule has 0 bridgehead atoms. The average Bonchev–Trinajstić information content (AvgIpc) is 3.11. The second-order valence-electron chi connectivity index (χ2n) is 5.82. The monoisotopic (exact) mass is 287 g/mol. The standard InChI is InChI=1S/C15H21N5O/c1-11(2)15-18-14(19-21-15)13-6-4-8-20(13)10-12(9-17)5-3-7-16/h11-13H,3-6,8,10H2,1-2H3. The number of hydrogen-bond donors (Lipinski definition) is 0. The van der Waals surface area contributed by atoms with Crippen LogP contribution < -0.4 is 0 Å². The summed E-state index contributed by atoms with van der Waals surface area (Å²) < 4.78 is 5.29. The van der Waals surface area contributed by atoms with E-state index in [2.05, 4.69) is 27.2 Å². The molecule has 1 aliphatic rings. The third-order valence-electron chi connectivity index (χ3n) is 3.86. The summed E-state index contributed by atoms with van der Waals surface area (Å²) in [5, 5.41) is 22.0. The van der Waals surface area contributed by atoms with Gasteiger partial charge in [0.2, 0.25) is 5.89 Å². The molecular weight excluding hydrogens is 266 g/mol. The van der Waals surface area contributed by atoms with Crippen molar-refractivity contribution in [2.24, 2.45) is 5.92 Å². The lowest BCUT2D eigenvalue weighted by atomic mass is 10.0. The van der Waals surface area contributed by atoms with Crippen molar-refractivity contribution in [3.05, 3.63) is 11.7 Å². The summed E-state index contributed by atoms with van der Waals surface area (Å²) in [7, 11) is 0. The number of nitriles is 2. The number of hydrogen-bond acceptors (Lipinski definition) is 6. The molecule has 1 fully saturated rings. The fraction of sp³-hybridized carbons (Fsp3) is 0.733. The zero-order valence-electron chi connectivity index (χ0n) is 12.6. The van der Waals surface area contributed by atoms with Gasteiger partial charge in [0, 0.05) is 18.9 Å². The van der Waals surface area contributed by atoms with Gasteiger partial charge in [0.15, 0.2) is 5.82 Å². The molecule has 2 unspecified atom stereocenters. The summed E-state index contributed by atoms with van der Waals surface area (Å²) in [6.45, 7) is 5.67. The van der Waals surface area contributed by atoms with Gasteiger partial charge >= 0.3 is 0 Å². The van der Waals surface area contributed by atoms with E-state index in [0.29, 0.717) is 25.3 Å². The molecule has 1 aliphatic heterocycles. The first-order valence-corrected chi connectivity index (χ1v) is 7.49. The molecule has 1 saturated heterocycles. The van der Waals surface area contributed by atoms with E-state index in [1.165, 1.54) is 0 Å². The van der Waals surface area contributed by atoms with Crippen LogP contribution in [0.3, 0.4) is 0 Å². The number of likely N-dealkylation sites (tertiary alicyclic amines) is 1. The first kappa shape index (κ1) is 15.5. The molecule has 0 N–H and O–H groups in total. The zero-order chi connectivity index (χ0) is 15.2. The van der Waals surface area contributed by atoms with E-state index < -0.39 is 0 Å². The fourth-order valence-corrected chi connectivity index (χ4v) is 2.67. The van der Waals surface area contributed by atoms with E-state index in [1.54, 1.807) is 0 Å². The van der Waals surface area contributed by atoms with E-state index in [4.69, 9.17) is 9.78 Å². The van der Waals surface area contributed by atoms with Crippen LogP contribution in [0.15, 0.2) is 4.52 Å². The summed E-state index contributed by atoms with van der Waals surface area (Å²) in [6, 6.07) is 4.55. The molecule has 0 aromatic carbocycles. The molecule has 2 rings (SSSR count). The smallest absolute Gasteiger partial charge is 0.229 e. The predicted molar refractivity (Wildman–Crippen MR) is 75.9 cm³/mol. The van der Waals surface area contributed by atoms with Gasteiger partial charge in [0.1, 0.15) is 0 Å². The molecule has 2 heterocycles. The molecule has 2 atom stereocenters. The van der Waals surface area contributed by atoms with Crippen LogP contribution in [-0.2, 0) is 0 Å². The lowest BCUT2D eigenvalue weighted by Gasteiger charge is -2.23. The summed E-state index contributed by atoms with van der Waals surface area (Å²) >= 11 is 0. The van der Waals surface area contributed by atoms with E-state index in [-0.39, 0.29) is 17.9 Å². The highest BCUT2D eigenvalue weighted by Gasteiger charge is 2.31. The van der Waals surface area contributed by atoms with E-state index in [9.17, 15) is 5.26 Å². The minimum absolute atomic E-state index is 0.110. The van der Waals surface area contributed by atoms with Crippen LogP contribution in [0.2, 0.25) is 0 Å². The Morgan fingerprint density at radius 2 is 2.24 bits per heavy atom. The van der Waals surface area contributed by atoms with Crippen LogP contribution in [0.25, 0.3) is 0 Å². The van der Waals surface area contributed by atoms with Gasteiger partial charge in [0.05, 0.1) is 24.1 Å². The molecule has 1 aromatic heterocycles. The molecule has 21 heavy (non-hydrogen) atoms. The molecule has 0 radical (unpaired) electrons. The summed E-state index contributed by atoms with van der Waals surface area (Å²) in [5.74, 6) is 1.51. The molecule has 0 saturated carbocycles. The second kappa shape index (κ2) is 7.19. The fourth-order valence-electron chi connectivity index (χ4n) is 2.67. The van der Waals surface area contributed by atoms with Gasteiger partial charge in [-0.25, -0.2) is 0 Å². The van der Waals surface area contributed by atoms with Crippen molar-refractivity contribution < 1.29 is 4.52 Å². The summed E-state index contributed by atoms with van der Waals surface area (Å²) in [5.41, 5.74) is 0. The molecule has 6 nitrogen and oxygen atoms in total. The third-order valence-corrected chi connectivity index (χ3v) is 3.86. The second-order valence-corrected chi connectivity index (χ2v) is 5.82. The Balaban J connectivity index is 2.02. The maximum absolute atomic E-state index is 9.21. The van der Waals surface area contributed by atoms with Crippen LogP contribution in [0.1, 0.15) is 63.2 Å². The summed E-state index contributed by atoms with van der Waals surface area (Å²) in [6.07, 6.45) is 3.12. The van der Waals surface area contributed by atoms with Gasteiger partial charge in [0.25, 0.3) is 0 Å². The highest BCUT2D eigenvalue weighted by atomic mass is 16.5. The Morgan fingerprint density at radius 3 is 2.86 bits per heavy atom. The molecule has 112 valence electrons. The summed E-state index contributed by atoms with van der Waals surface area (Å²) in [4.78, 5) is 6.73. The Kier molecular flexibility index (Phi) is 5.30. The first-order valence-electron chi connectivity index (χ1n) is 7.49. The van der Waals surface area contributed by atoms with Crippen molar-refractivity contribution in [1.82, 2.24) is 15.0 Å². The minimum atomic E-state index is -0.110. The normalized spacial score (nSPS) is 20.3. The molecule has 0 spiro atoms. The van der Waals surface area contributed by atoms with Crippen molar-refractivity contribution in [2.45, 2.75) is 51.5 Å². The number of aromatic nitrogens is 2. The van der Waals surface area contributed by atoms with Crippen LogP contribution >= 0.6 is 0 Å². The Morgan fingerprint density at radius 1 is 1.43 bits per heavy atom. The largest absolute Gasteiger partial charge is 0.339 e. The maximum atomic E-state index is 9.21. The lowest BCUT2D eigenvalue weighted by Crippen LogP contribution is -2.29. The first-order chi connectivity index (χ1) is 10.2. The van der Waals surface area contributed by atoms with Crippen LogP contribution in [0.4, 0.5) is 0 Å². The zero-order valence-corrected chi connectivity index (χ0v) is 12.6. The Labute approximate surface area is 125 Å². The molecule has 1 aromatic rings. The highest BCUT2D eigenvalue weighted by molar-refractivity contribution is 5.01. The van der Waals surface area contributed by atoms with Crippen LogP contribution in [0, 0.1) is 28.6 Å². The topological polar surface area (TPSA) is 89.7 Å². The number of nitrogens with zero attached hydrogens (tertiary/aromatic N) is 5. The SMILES string of the molecule is CC(C)c1nc(C2CCCN2CC(C#N)CCC#N)no1. The van der Waals surface area contributed by atoms with Gasteiger partial charge in [-0.15, -0.1) is 0 Å². The van der Waals surface area contributed by atoms with Gasteiger partial charge in [-0.1, -0.05) is 19.0 Å². The van der Waals surface area contributed by atoms with Gasteiger partial charge in [-0.05, 0) is 25.8 Å². The number of rotatable bonds is 6. The van der Waals surface area contributed by atoms with Gasteiger partial charge in [-0.3, -0.25) is 4.90 Å².